The molecule has 17 heavy (non-hydrogen) atoms. The summed E-state index contributed by atoms with van der Waals surface area (Å²) < 4.78 is 0. The van der Waals surface area contributed by atoms with Crippen LogP contribution in [0.2, 0.25) is 0 Å². The van der Waals surface area contributed by atoms with Crippen molar-refractivity contribution >= 4 is 5.78 Å². The molecule has 2 heteroatoms. The number of nitrogens with one attached hydrogen (secondary N) is 1. The van der Waals surface area contributed by atoms with Gasteiger partial charge in [-0.2, -0.15) is 0 Å². The van der Waals surface area contributed by atoms with Crippen LogP contribution in [-0.2, 0) is 4.79 Å². The minimum atomic E-state index is 0.162. The second kappa shape index (κ2) is 7.15. The minimum Gasteiger partial charge on any atom is -0.312 e. The van der Waals surface area contributed by atoms with Crippen LogP contribution in [0.5, 0.6) is 0 Å². The van der Waals surface area contributed by atoms with Gasteiger partial charge in [-0.05, 0) is 52.0 Å². The first-order valence-electron chi connectivity index (χ1n) is 6.87. The van der Waals surface area contributed by atoms with E-state index in [1.807, 2.05) is 0 Å². The monoisotopic (exact) mass is 241 g/mol. The van der Waals surface area contributed by atoms with Crippen LogP contribution in [0, 0.1) is 5.41 Å². The Bertz CT molecular complexity index is 220. The summed E-state index contributed by atoms with van der Waals surface area (Å²) in [6.45, 7) is 14.1. The van der Waals surface area contributed by atoms with Crippen molar-refractivity contribution in [2.45, 2.75) is 79.2 Å². The Morgan fingerprint density at radius 3 is 1.94 bits per heavy atom. The van der Waals surface area contributed by atoms with Gasteiger partial charge in [-0.3, -0.25) is 4.79 Å². The number of carbonyl (C=O) groups excluding carboxylic acids is 1. The molecule has 0 saturated carbocycles. The fourth-order valence-corrected chi connectivity index (χ4v) is 1.69. The van der Waals surface area contributed by atoms with Crippen LogP contribution < -0.4 is 5.32 Å². The first-order valence-corrected chi connectivity index (χ1v) is 6.87. The zero-order valence-electron chi connectivity index (χ0n) is 12.7. The van der Waals surface area contributed by atoms with Crippen molar-refractivity contribution in [2.24, 2.45) is 5.41 Å². The van der Waals surface area contributed by atoms with Gasteiger partial charge in [-0.15, -0.1) is 0 Å². The largest absolute Gasteiger partial charge is 0.312 e. The second-order valence-electron chi connectivity index (χ2n) is 7.23. The highest BCUT2D eigenvalue weighted by Crippen LogP contribution is 2.21. The quantitative estimate of drug-likeness (QED) is 0.684. The van der Waals surface area contributed by atoms with Crippen LogP contribution in [-0.4, -0.2) is 17.9 Å². The number of carbonyl (C=O) groups is 1. The van der Waals surface area contributed by atoms with E-state index >= 15 is 0 Å². The molecule has 0 aliphatic rings. The van der Waals surface area contributed by atoms with Crippen LogP contribution >= 0.6 is 0 Å². The number of hydrogen-bond acceptors (Lipinski definition) is 2. The van der Waals surface area contributed by atoms with Crippen LogP contribution in [0.1, 0.15) is 73.6 Å². The smallest absolute Gasteiger partial charge is 0.132 e. The van der Waals surface area contributed by atoms with Crippen molar-refractivity contribution in [1.29, 1.82) is 0 Å². The number of hydrogen-bond donors (Lipinski definition) is 1. The molecule has 0 heterocycles. The Labute approximate surface area is 108 Å². The summed E-state index contributed by atoms with van der Waals surface area (Å²) >= 11 is 0. The first-order chi connectivity index (χ1) is 7.60. The molecule has 0 fully saturated rings. The molecule has 0 spiro atoms. The molecule has 0 rings (SSSR count). The van der Waals surface area contributed by atoms with E-state index in [1.165, 1.54) is 0 Å². The standard InChI is InChI=1S/C15H31NO/c1-14(2,3)11-7-9-13(17)10-8-12-16-15(4,5)6/h16H,7-12H2,1-6H3. The Morgan fingerprint density at radius 1 is 0.941 bits per heavy atom. The van der Waals surface area contributed by atoms with E-state index in [1.54, 1.807) is 0 Å². The molecule has 0 atom stereocenters. The Hall–Kier alpha value is -0.370. The van der Waals surface area contributed by atoms with Gasteiger partial charge in [0, 0.05) is 18.4 Å². The van der Waals surface area contributed by atoms with Gasteiger partial charge in [0.1, 0.15) is 5.78 Å². The van der Waals surface area contributed by atoms with E-state index < -0.39 is 0 Å². The minimum absolute atomic E-state index is 0.162. The lowest BCUT2D eigenvalue weighted by atomic mass is 9.89. The van der Waals surface area contributed by atoms with Gasteiger partial charge in [0.25, 0.3) is 0 Å². The molecule has 2 nitrogen and oxygen atoms in total. The molecule has 0 amide bonds. The van der Waals surface area contributed by atoms with Crippen molar-refractivity contribution in [2.75, 3.05) is 6.54 Å². The van der Waals surface area contributed by atoms with Gasteiger partial charge < -0.3 is 5.32 Å². The molecule has 0 aliphatic heterocycles. The molecule has 0 aromatic heterocycles. The van der Waals surface area contributed by atoms with Gasteiger partial charge in [-0.25, -0.2) is 0 Å². The average molecular weight is 241 g/mol. The molecule has 0 aliphatic carbocycles. The summed E-state index contributed by atoms with van der Waals surface area (Å²) in [7, 11) is 0. The summed E-state index contributed by atoms with van der Waals surface area (Å²) in [5, 5.41) is 3.41. The molecular formula is C15H31NO. The zero-order chi connectivity index (χ0) is 13.5. The molecule has 0 aromatic carbocycles. The maximum Gasteiger partial charge on any atom is 0.132 e. The molecule has 1 N–H and O–H groups in total. The normalized spacial score (nSPS) is 12.8. The predicted molar refractivity (Wildman–Crippen MR) is 75.3 cm³/mol. The Kier molecular flexibility index (Phi) is 6.99. The molecule has 102 valence electrons. The second-order valence-corrected chi connectivity index (χ2v) is 7.23. The van der Waals surface area contributed by atoms with E-state index in [0.29, 0.717) is 11.2 Å². The van der Waals surface area contributed by atoms with Crippen molar-refractivity contribution in [3.05, 3.63) is 0 Å². The van der Waals surface area contributed by atoms with Crippen molar-refractivity contribution in [3.8, 4) is 0 Å². The predicted octanol–water partition coefficient (Wildman–Crippen LogP) is 3.94. The third kappa shape index (κ3) is 13.6. The lowest BCUT2D eigenvalue weighted by Gasteiger charge is -2.20. The van der Waals surface area contributed by atoms with Gasteiger partial charge >= 0.3 is 0 Å². The zero-order valence-corrected chi connectivity index (χ0v) is 12.7. The number of Topliss-reactive ketones (excluding diaryl/α,β-unsaturated/α-hetero) is 1. The average Bonchev–Trinajstić information content (AvgIpc) is 2.09. The van der Waals surface area contributed by atoms with E-state index in [4.69, 9.17) is 0 Å². The van der Waals surface area contributed by atoms with Gasteiger partial charge in [0.15, 0.2) is 0 Å². The summed E-state index contributed by atoms with van der Waals surface area (Å²) in [5.41, 5.74) is 0.517. The van der Waals surface area contributed by atoms with Crippen LogP contribution in [0.4, 0.5) is 0 Å². The SMILES string of the molecule is CC(C)(C)CCCC(=O)CCCNC(C)(C)C. The van der Waals surface area contributed by atoms with Gasteiger partial charge in [0.05, 0.1) is 0 Å². The Morgan fingerprint density at radius 2 is 1.47 bits per heavy atom. The summed E-state index contributed by atoms with van der Waals surface area (Å²) in [4.78, 5) is 11.6. The lowest BCUT2D eigenvalue weighted by molar-refractivity contribution is -0.119. The summed E-state index contributed by atoms with van der Waals surface area (Å²) in [6, 6.07) is 0. The Balaban J connectivity index is 3.48. The first kappa shape index (κ1) is 16.6. The van der Waals surface area contributed by atoms with E-state index in [2.05, 4.69) is 46.9 Å². The number of ketones is 1. The highest BCUT2D eigenvalue weighted by Gasteiger charge is 2.11. The van der Waals surface area contributed by atoms with Crippen LogP contribution in [0.25, 0.3) is 0 Å². The van der Waals surface area contributed by atoms with Crippen LogP contribution in [0.15, 0.2) is 0 Å². The maximum absolute atomic E-state index is 11.6. The fraction of sp³-hybridized carbons (Fsp3) is 0.933. The molecule has 0 radical (unpaired) electrons. The van der Waals surface area contributed by atoms with Crippen molar-refractivity contribution in [3.63, 3.8) is 0 Å². The van der Waals surface area contributed by atoms with Crippen LogP contribution in [0.3, 0.4) is 0 Å². The molecule has 0 unspecified atom stereocenters. The highest BCUT2D eigenvalue weighted by atomic mass is 16.1. The topological polar surface area (TPSA) is 29.1 Å². The molecule has 0 aromatic rings. The fourth-order valence-electron chi connectivity index (χ4n) is 1.69. The maximum atomic E-state index is 11.6. The van der Waals surface area contributed by atoms with Gasteiger partial charge in [-0.1, -0.05) is 20.8 Å². The summed E-state index contributed by atoms with van der Waals surface area (Å²) in [6.07, 6.45) is 4.62. The van der Waals surface area contributed by atoms with Gasteiger partial charge in [0.2, 0.25) is 0 Å². The highest BCUT2D eigenvalue weighted by molar-refractivity contribution is 5.78. The van der Waals surface area contributed by atoms with Crippen molar-refractivity contribution < 1.29 is 4.79 Å². The summed E-state index contributed by atoms with van der Waals surface area (Å²) in [5.74, 6) is 0.421. The lowest BCUT2D eigenvalue weighted by Crippen LogP contribution is -2.36. The third-order valence-corrected chi connectivity index (χ3v) is 2.67. The van der Waals surface area contributed by atoms with E-state index in [0.717, 1.165) is 38.6 Å². The molecular weight excluding hydrogens is 210 g/mol. The van der Waals surface area contributed by atoms with Crippen molar-refractivity contribution in [1.82, 2.24) is 5.32 Å². The molecule has 0 bridgehead atoms. The third-order valence-electron chi connectivity index (χ3n) is 2.67. The van der Waals surface area contributed by atoms with E-state index in [9.17, 15) is 4.79 Å². The number of rotatable bonds is 7. The van der Waals surface area contributed by atoms with E-state index in [-0.39, 0.29) is 5.54 Å². The molecule has 0 saturated heterocycles.